The minimum Gasteiger partial charge on any atom is -0.398 e. The summed E-state index contributed by atoms with van der Waals surface area (Å²) in [6.07, 6.45) is 5.37. The summed E-state index contributed by atoms with van der Waals surface area (Å²) in [7, 11) is 1.64. The highest BCUT2D eigenvalue weighted by molar-refractivity contribution is 5.19. The highest BCUT2D eigenvalue weighted by Crippen LogP contribution is 1.97. The van der Waals surface area contributed by atoms with Crippen LogP contribution in [0.15, 0.2) is 24.0 Å². The molecule has 50 valence electrons. The van der Waals surface area contributed by atoms with Crippen LogP contribution in [0.3, 0.4) is 0 Å². The first-order chi connectivity index (χ1) is 4.33. The van der Waals surface area contributed by atoms with Crippen molar-refractivity contribution in [2.24, 2.45) is 5.73 Å². The normalized spacial score (nSPS) is 25.0. The van der Waals surface area contributed by atoms with Crippen molar-refractivity contribution in [3.8, 4) is 0 Å². The molecule has 0 saturated carbocycles. The SMILES string of the molecule is COC1C=CC(N)=CN1. The van der Waals surface area contributed by atoms with Crippen LogP contribution in [0, 0.1) is 0 Å². The molecule has 0 fully saturated rings. The fourth-order valence-electron chi connectivity index (χ4n) is 0.627. The van der Waals surface area contributed by atoms with Gasteiger partial charge in [0.15, 0.2) is 0 Å². The van der Waals surface area contributed by atoms with Gasteiger partial charge in [0, 0.05) is 19.0 Å². The zero-order chi connectivity index (χ0) is 6.69. The molecule has 0 aromatic rings. The van der Waals surface area contributed by atoms with E-state index in [0.29, 0.717) is 0 Å². The second-order valence-electron chi connectivity index (χ2n) is 1.83. The molecule has 0 aromatic heterocycles. The Morgan fingerprint density at radius 3 is 3.00 bits per heavy atom. The van der Waals surface area contributed by atoms with Gasteiger partial charge in [0.05, 0.1) is 0 Å². The number of nitrogens with two attached hydrogens (primary N) is 1. The van der Waals surface area contributed by atoms with Gasteiger partial charge in [-0.25, -0.2) is 0 Å². The summed E-state index contributed by atoms with van der Waals surface area (Å²) in [6.45, 7) is 0. The van der Waals surface area contributed by atoms with E-state index in [1.165, 1.54) is 0 Å². The third kappa shape index (κ3) is 1.47. The van der Waals surface area contributed by atoms with E-state index in [-0.39, 0.29) is 6.23 Å². The topological polar surface area (TPSA) is 47.3 Å². The first-order valence-corrected chi connectivity index (χ1v) is 2.75. The molecule has 3 heteroatoms. The molecule has 0 aliphatic carbocycles. The Morgan fingerprint density at radius 2 is 2.56 bits per heavy atom. The van der Waals surface area contributed by atoms with Crippen LogP contribution >= 0.6 is 0 Å². The molecule has 1 rings (SSSR count). The Kier molecular flexibility index (Phi) is 1.75. The van der Waals surface area contributed by atoms with E-state index in [9.17, 15) is 0 Å². The first kappa shape index (κ1) is 6.16. The third-order valence-corrected chi connectivity index (χ3v) is 1.13. The molecular weight excluding hydrogens is 116 g/mol. The Labute approximate surface area is 54.2 Å². The molecule has 3 N–H and O–H groups in total. The average Bonchev–Trinajstić information content (AvgIpc) is 1.90. The van der Waals surface area contributed by atoms with Gasteiger partial charge in [-0.2, -0.15) is 0 Å². The van der Waals surface area contributed by atoms with Crippen LogP contribution < -0.4 is 11.1 Å². The summed E-state index contributed by atoms with van der Waals surface area (Å²) in [4.78, 5) is 0. The van der Waals surface area contributed by atoms with Gasteiger partial charge in [-0.3, -0.25) is 0 Å². The van der Waals surface area contributed by atoms with Crippen LogP contribution in [-0.2, 0) is 4.74 Å². The molecule has 0 spiro atoms. The molecule has 1 atom stereocenters. The number of hydrogen-bond acceptors (Lipinski definition) is 3. The van der Waals surface area contributed by atoms with Crippen molar-refractivity contribution in [3.63, 3.8) is 0 Å². The molecule has 0 bridgehead atoms. The van der Waals surface area contributed by atoms with Gasteiger partial charge in [0.1, 0.15) is 6.23 Å². The molecule has 1 aliphatic rings. The van der Waals surface area contributed by atoms with Crippen LogP contribution in [0.5, 0.6) is 0 Å². The number of rotatable bonds is 1. The smallest absolute Gasteiger partial charge is 0.146 e. The second-order valence-corrected chi connectivity index (χ2v) is 1.83. The largest absolute Gasteiger partial charge is 0.398 e. The number of ether oxygens (including phenoxy) is 1. The summed E-state index contributed by atoms with van der Waals surface area (Å²) in [6, 6.07) is 0. The van der Waals surface area contributed by atoms with Crippen LogP contribution in [-0.4, -0.2) is 13.3 Å². The number of allylic oxidation sites excluding steroid dienone is 1. The summed E-state index contributed by atoms with van der Waals surface area (Å²) in [5.41, 5.74) is 6.13. The Hall–Kier alpha value is -0.960. The van der Waals surface area contributed by atoms with Crippen molar-refractivity contribution in [2.75, 3.05) is 7.11 Å². The van der Waals surface area contributed by atoms with Gasteiger partial charge < -0.3 is 15.8 Å². The molecule has 9 heavy (non-hydrogen) atoms. The van der Waals surface area contributed by atoms with Crippen LogP contribution in [0.4, 0.5) is 0 Å². The van der Waals surface area contributed by atoms with Crippen molar-refractivity contribution in [2.45, 2.75) is 6.23 Å². The first-order valence-electron chi connectivity index (χ1n) is 2.75. The number of nitrogens with one attached hydrogen (secondary N) is 1. The lowest BCUT2D eigenvalue weighted by atomic mass is 10.3. The zero-order valence-corrected chi connectivity index (χ0v) is 5.29. The predicted molar refractivity (Wildman–Crippen MR) is 35.3 cm³/mol. The summed E-state index contributed by atoms with van der Waals surface area (Å²) < 4.78 is 4.94. The van der Waals surface area contributed by atoms with Crippen molar-refractivity contribution >= 4 is 0 Å². The van der Waals surface area contributed by atoms with Gasteiger partial charge in [-0.15, -0.1) is 0 Å². The molecule has 1 heterocycles. The van der Waals surface area contributed by atoms with Crippen LogP contribution in [0.25, 0.3) is 0 Å². The van der Waals surface area contributed by atoms with E-state index in [1.807, 2.05) is 12.2 Å². The van der Waals surface area contributed by atoms with E-state index in [4.69, 9.17) is 10.5 Å². The molecule has 0 saturated heterocycles. The molecule has 3 nitrogen and oxygen atoms in total. The van der Waals surface area contributed by atoms with E-state index in [0.717, 1.165) is 5.70 Å². The fraction of sp³-hybridized carbons (Fsp3) is 0.333. The number of methoxy groups -OCH3 is 1. The van der Waals surface area contributed by atoms with E-state index >= 15 is 0 Å². The van der Waals surface area contributed by atoms with E-state index < -0.39 is 0 Å². The molecule has 0 radical (unpaired) electrons. The lowest BCUT2D eigenvalue weighted by Gasteiger charge is -2.14. The lowest BCUT2D eigenvalue weighted by Crippen LogP contribution is -2.27. The Morgan fingerprint density at radius 1 is 1.78 bits per heavy atom. The van der Waals surface area contributed by atoms with Gasteiger partial charge in [-0.05, 0) is 12.2 Å². The van der Waals surface area contributed by atoms with E-state index in [2.05, 4.69) is 5.32 Å². The molecule has 0 amide bonds. The van der Waals surface area contributed by atoms with Gasteiger partial charge in [0.2, 0.25) is 0 Å². The minimum absolute atomic E-state index is 0.0164. The summed E-state index contributed by atoms with van der Waals surface area (Å²) in [5.74, 6) is 0. The molecule has 0 aromatic carbocycles. The van der Waals surface area contributed by atoms with E-state index in [1.54, 1.807) is 13.3 Å². The number of dihydropyridines is 1. The highest BCUT2D eigenvalue weighted by atomic mass is 16.5. The Bertz CT molecular complexity index is 151. The molecule has 1 aliphatic heterocycles. The maximum atomic E-state index is 5.41. The summed E-state index contributed by atoms with van der Waals surface area (Å²) >= 11 is 0. The predicted octanol–water partition coefficient (Wildman–Crippen LogP) is -0.0816. The maximum absolute atomic E-state index is 5.41. The van der Waals surface area contributed by atoms with Gasteiger partial charge in [0.25, 0.3) is 0 Å². The Balaban J connectivity index is 2.48. The molecule has 1 unspecified atom stereocenters. The highest BCUT2D eigenvalue weighted by Gasteiger charge is 2.01. The molecular formula is C6H10N2O. The zero-order valence-electron chi connectivity index (χ0n) is 5.29. The quantitative estimate of drug-likeness (QED) is 0.516. The van der Waals surface area contributed by atoms with Crippen molar-refractivity contribution < 1.29 is 4.74 Å². The fourth-order valence-corrected chi connectivity index (χ4v) is 0.627. The van der Waals surface area contributed by atoms with Crippen LogP contribution in [0.2, 0.25) is 0 Å². The number of hydrogen-bond donors (Lipinski definition) is 2. The lowest BCUT2D eigenvalue weighted by molar-refractivity contribution is 0.123. The monoisotopic (exact) mass is 126 g/mol. The second kappa shape index (κ2) is 2.55. The van der Waals surface area contributed by atoms with Crippen molar-refractivity contribution in [1.82, 2.24) is 5.32 Å². The van der Waals surface area contributed by atoms with Crippen molar-refractivity contribution in [1.29, 1.82) is 0 Å². The average molecular weight is 126 g/mol. The van der Waals surface area contributed by atoms with Crippen LogP contribution in [0.1, 0.15) is 0 Å². The van der Waals surface area contributed by atoms with Crippen molar-refractivity contribution in [3.05, 3.63) is 24.0 Å². The van der Waals surface area contributed by atoms with Gasteiger partial charge in [-0.1, -0.05) is 0 Å². The van der Waals surface area contributed by atoms with Gasteiger partial charge >= 0.3 is 0 Å². The minimum atomic E-state index is -0.0164. The summed E-state index contributed by atoms with van der Waals surface area (Å²) in [5, 5.41) is 2.92. The standard InChI is InChI=1S/C6H10N2O/c1-9-6-3-2-5(7)4-8-6/h2-4,6,8H,7H2,1H3. The maximum Gasteiger partial charge on any atom is 0.146 e. The third-order valence-electron chi connectivity index (χ3n) is 1.13.